The molecule has 2 fully saturated rings. The highest BCUT2D eigenvalue weighted by molar-refractivity contribution is 7.91. The third kappa shape index (κ3) is 4.67. The first-order valence-corrected chi connectivity index (χ1v) is 9.12. The van der Waals surface area contributed by atoms with Crippen molar-refractivity contribution in [2.24, 2.45) is 5.92 Å². The average Bonchev–Trinajstić information content (AvgIpc) is 2.87. The molecular weight excluding hydrogens is 296 g/mol. The molecular formula is C13H22N2O5S. The van der Waals surface area contributed by atoms with Crippen LogP contribution in [0.3, 0.4) is 0 Å². The van der Waals surface area contributed by atoms with Gasteiger partial charge in [0, 0.05) is 13.0 Å². The number of hydrogen-bond acceptors (Lipinski definition) is 5. The highest BCUT2D eigenvalue weighted by Crippen LogP contribution is 2.20. The maximum absolute atomic E-state index is 12.3. The summed E-state index contributed by atoms with van der Waals surface area (Å²) in [6.07, 6.45) is 1.88. The molecule has 120 valence electrons. The minimum absolute atomic E-state index is 0.0696. The maximum atomic E-state index is 12.3. The van der Waals surface area contributed by atoms with E-state index in [1.807, 2.05) is 0 Å². The highest BCUT2D eigenvalue weighted by atomic mass is 32.2. The van der Waals surface area contributed by atoms with Gasteiger partial charge in [-0.2, -0.15) is 0 Å². The van der Waals surface area contributed by atoms with Gasteiger partial charge < -0.3 is 15.3 Å². The normalized spacial score (nSPS) is 28.5. The molecule has 2 saturated heterocycles. The van der Waals surface area contributed by atoms with Crippen LogP contribution in [0.25, 0.3) is 0 Å². The fourth-order valence-electron chi connectivity index (χ4n) is 3.02. The molecule has 0 bridgehead atoms. The first-order valence-electron chi connectivity index (χ1n) is 7.30. The van der Waals surface area contributed by atoms with Gasteiger partial charge in [-0.15, -0.1) is 0 Å². The molecule has 2 rings (SSSR count). The van der Waals surface area contributed by atoms with Crippen LogP contribution in [-0.4, -0.2) is 67.5 Å². The van der Waals surface area contributed by atoms with E-state index in [1.165, 1.54) is 4.90 Å². The maximum Gasteiger partial charge on any atom is 0.305 e. The number of carboxylic acids is 1. The Kier molecular flexibility index (Phi) is 5.21. The minimum atomic E-state index is -3.24. The van der Waals surface area contributed by atoms with E-state index >= 15 is 0 Å². The van der Waals surface area contributed by atoms with Crippen LogP contribution in [0.2, 0.25) is 0 Å². The Hall–Kier alpha value is -1.15. The topological polar surface area (TPSA) is 104 Å². The lowest BCUT2D eigenvalue weighted by molar-refractivity contribution is -0.140. The Bertz CT molecular complexity index is 499. The Morgan fingerprint density at radius 1 is 1.33 bits per heavy atom. The summed E-state index contributed by atoms with van der Waals surface area (Å²) in [6.45, 7) is 2.00. The van der Waals surface area contributed by atoms with Gasteiger partial charge in [-0.05, 0) is 31.8 Å². The second-order valence-electron chi connectivity index (χ2n) is 5.85. The Labute approximate surface area is 124 Å². The van der Waals surface area contributed by atoms with Crippen molar-refractivity contribution in [1.29, 1.82) is 0 Å². The molecule has 2 heterocycles. The molecule has 0 aliphatic carbocycles. The molecule has 0 aromatic rings. The van der Waals surface area contributed by atoms with E-state index < -0.39 is 21.8 Å². The molecule has 7 nitrogen and oxygen atoms in total. The van der Waals surface area contributed by atoms with Crippen molar-refractivity contribution < 1.29 is 23.1 Å². The Morgan fingerprint density at radius 2 is 2.10 bits per heavy atom. The van der Waals surface area contributed by atoms with Gasteiger partial charge in [-0.25, -0.2) is 8.42 Å². The van der Waals surface area contributed by atoms with E-state index in [9.17, 15) is 18.0 Å². The van der Waals surface area contributed by atoms with Gasteiger partial charge in [-0.3, -0.25) is 9.59 Å². The van der Waals surface area contributed by atoms with E-state index in [0.717, 1.165) is 25.9 Å². The van der Waals surface area contributed by atoms with Crippen molar-refractivity contribution in [2.45, 2.75) is 31.7 Å². The van der Waals surface area contributed by atoms with E-state index in [0.29, 0.717) is 12.3 Å². The first-order chi connectivity index (χ1) is 9.87. The number of amides is 1. The van der Waals surface area contributed by atoms with Crippen molar-refractivity contribution in [3.63, 3.8) is 0 Å². The van der Waals surface area contributed by atoms with Crippen LogP contribution in [0.15, 0.2) is 0 Å². The van der Waals surface area contributed by atoms with Gasteiger partial charge in [-0.1, -0.05) is 0 Å². The third-order valence-electron chi connectivity index (χ3n) is 4.19. The van der Waals surface area contributed by atoms with Crippen LogP contribution in [-0.2, 0) is 19.4 Å². The number of sulfone groups is 1. The van der Waals surface area contributed by atoms with E-state index in [2.05, 4.69) is 5.32 Å². The van der Waals surface area contributed by atoms with Crippen LogP contribution in [0, 0.1) is 5.92 Å². The molecule has 0 aromatic heterocycles. The fraction of sp³-hybridized carbons (Fsp3) is 0.846. The number of nitrogens with one attached hydrogen (secondary N) is 1. The number of rotatable bonds is 5. The van der Waals surface area contributed by atoms with Crippen LogP contribution in [0.1, 0.15) is 25.7 Å². The first kappa shape index (κ1) is 16.2. The van der Waals surface area contributed by atoms with Gasteiger partial charge in [0.25, 0.3) is 0 Å². The van der Waals surface area contributed by atoms with E-state index in [4.69, 9.17) is 5.11 Å². The lowest BCUT2D eigenvalue weighted by Gasteiger charge is -2.35. The molecule has 2 aliphatic heterocycles. The van der Waals surface area contributed by atoms with Crippen molar-refractivity contribution >= 4 is 21.7 Å². The van der Waals surface area contributed by atoms with Gasteiger partial charge in [0.1, 0.15) is 0 Å². The van der Waals surface area contributed by atoms with Gasteiger partial charge in [0.15, 0.2) is 9.84 Å². The zero-order valence-electron chi connectivity index (χ0n) is 12.0. The van der Waals surface area contributed by atoms with Crippen molar-refractivity contribution in [3.05, 3.63) is 0 Å². The second kappa shape index (κ2) is 6.74. The number of carboxylic acid groups (broad SMARTS) is 1. The molecule has 0 spiro atoms. The number of carbonyl (C=O) groups excluding carboxylic acids is 1. The van der Waals surface area contributed by atoms with Crippen LogP contribution in [0.4, 0.5) is 0 Å². The monoisotopic (exact) mass is 318 g/mol. The minimum Gasteiger partial charge on any atom is -0.481 e. The molecule has 2 aliphatic rings. The summed E-state index contributed by atoms with van der Waals surface area (Å²) in [7, 11) is -3.24. The number of hydrogen-bond donors (Lipinski definition) is 2. The van der Waals surface area contributed by atoms with Gasteiger partial charge >= 0.3 is 5.97 Å². The molecule has 21 heavy (non-hydrogen) atoms. The Balaban J connectivity index is 1.94. The number of carbonyl (C=O) groups is 2. The van der Waals surface area contributed by atoms with Crippen LogP contribution in [0.5, 0.6) is 0 Å². The lowest BCUT2D eigenvalue weighted by atomic mass is 10.0. The summed E-state index contributed by atoms with van der Waals surface area (Å²) in [4.78, 5) is 24.6. The SMILES string of the molecule is O=C(O)CC1CS(=O)(=O)CCN1C(=O)CCC1CCNC1. The van der Waals surface area contributed by atoms with Crippen LogP contribution >= 0.6 is 0 Å². The van der Waals surface area contributed by atoms with Crippen molar-refractivity contribution in [3.8, 4) is 0 Å². The lowest BCUT2D eigenvalue weighted by Crippen LogP contribution is -2.52. The summed E-state index contributed by atoms with van der Waals surface area (Å²) in [5.41, 5.74) is 0. The van der Waals surface area contributed by atoms with Crippen LogP contribution < -0.4 is 5.32 Å². The summed E-state index contributed by atoms with van der Waals surface area (Å²) in [5, 5.41) is 12.1. The van der Waals surface area contributed by atoms with Gasteiger partial charge in [0.05, 0.1) is 24.0 Å². The zero-order chi connectivity index (χ0) is 15.5. The molecule has 0 saturated carbocycles. The average molecular weight is 318 g/mol. The highest BCUT2D eigenvalue weighted by Gasteiger charge is 2.35. The summed E-state index contributed by atoms with van der Waals surface area (Å²) < 4.78 is 23.3. The zero-order valence-corrected chi connectivity index (χ0v) is 12.8. The Morgan fingerprint density at radius 3 is 2.71 bits per heavy atom. The summed E-state index contributed by atoms with van der Waals surface area (Å²) in [6, 6.07) is -0.726. The smallest absolute Gasteiger partial charge is 0.305 e. The molecule has 0 radical (unpaired) electrons. The molecule has 0 aromatic carbocycles. The van der Waals surface area contributed by atoms with Crippen molar-refractivity contribution in [1.82, 2.24) is 10.2 Å². The van der Waals surface area contributed by atoms with Crippen molar-refractivity contribution in [2.75, 3.05) is 31.1 Å². The van der Waals surface area contributed by atoms with E-state index in [-0.39, 0.29) is 30.4 Å². The second-order valence-corrected chi connectivity index (χ2v) is 8.08. The predicted molar refractivity (Wildman–Crippen MR) is 76.6 cm³/mol. The summed E-state index contributed by atoms with van der Waals surface area (Å²) in [5.74, 6) is -1.02. The fourth-order valence-corrected chi connectivity index (χ4v) is 4.54. The largest absolute Gasteiger partial charge is 0.481 e. The molecule has 2 N–H and O–H groups in total. The molecule has 8 heteroatoms. The summed E-state index contributed by atoms with van der Waals surface area (Å²) >= 11 is 0. The molecule has 2 unspecified atom stereocenters. The van der Waals surface area contributed by atoms with Gasteiger partial charge in [0.2, 0.25) is 5.91 Å². The third-order valence-corrected chi connectivity index (χ3v) is 5.89. The number of aliphatic carboxylic acids is 1. The quantitative estimate of drug-likeness (QED) is 0.707. The molecule has 2 atom stereocenters. The van der Waals surface area contributed by atoms with E-state index in [1.54, 1.807) is 0 Å². The molecule has 1 amide bonds. The standard InChI is InChI=1S/C13H22N2O5S/c16-12(2-1-10-3-4-14-8-10)15-5-6-21(19,20)9-11(15)7-13(17)18/h10-11,14H,1-9H2,(H,17,18). The number of nitrogens with zero attached hydrogens (tertiary/aromatic N) is 1. The predicted octanol–water partition coefficient (Wildman–Crippen LogP) is -0.524.